The number of nitrogens with one attached hydrogen (secondary N) is 1. The van der Waals surface area contributed by atoms with E-state index < -0.39 is 0 Å². The number of benzene rings is 1. The van der Waals surface area contributed by atoms with Crippen LogP contribution in [-0.4, -0.2) is 16.3 Å². The smallest absolute Gasteiger partial charge is 0.271 e. The summed E-state index contributed by atoms with van der Waals surface area (Å²) in [5, 5.41) is 7.56. The van der Waals surface area contributed by atoms with Gasteiger partial charge in [0.25, 0.3) is 5.56 Å². The fraction of sp³-hybridized carbons (Fsp3) is 0.375. The Morgan fingerprint density at radius 1 is 1.24 bits per heavy atom. The molecule has 0 amide bonds. The minimum atomic E-state index is -0.285. The molecule has 1 aromatic carbocycles. The van der Waals surface area contributed by atoms with Crippen LogP contribution >= 0.6 is 0 Å². The van der Waals surface area contributed by atoms with Crippen molar-refractivity contribution in [2.45, 2.75) is 33.4 Å². The van der Waals surface area contributed by atoms with Gasteiger partial charge < -0.3 is 5.32 Å². The summed E-state index contributed by atoms with van der Waals surface area (Å²) in [7, 11) is 0. The van der Waals surface area contributed by atoms with Crippen molar-refractivity contribution in [3.63, 3.8) is 0 Å². The molecule has 0 aliphatic heterocycles. The molecule has 0 atom stereocenters. The van der Waals surface area contributed by atoms with Crippen LogP contribution in [0.4, 0.5) is 4.39 Å². The molecule has 4 nitrogen and oxygen atoms in total. The van der Waals surface area contributed by atoms with Crippen LogP contribution in [-0.2, 0) is 13.1 Å². The van der Waals surface area contributed by atoms with Gasteiger partial charge in [0.15, 0.2) is 0 Å². The maximum atomic E-state index is 13.0. The Morgan fingerprint density at radius 3 is 2.57 bits per heavy atom. The standard InChI is InChI=1S/C16H20FN3O/c1-3-9-18-11-13-10-15(19-20(4-2)16(13)21)12-5-7-14(17)8-6-12/h5-8,10,18H,3-4,9,11H2,1-2H3. The summed E-state index contributed by atoms with van der Waals surface area (Å²) >= 11 is 0. The van der Waals surface area contributed by atoms with E-state index >= 15 is 0 Å². The predicted molar refractivity (Wildman–Crippen MR) is 81.6 cm³/mol. The van der Waals surface area contributed by atoms with Crippen LogP contribution in [0.2, 0.25) is 0 Å². The van der Waals surface area contributed by atoms with Crippen molar-refractivity contribution in [1.29, 1.82) is 0 Å². The third kappa shape index (κ3) is 3.76. The lowest BCUT2D eigenvalue weighted by atomic mass is 10.1. The molecule has 0 spiro atoms. The van der Waals surface area contributed by atoms with E-state index in [2.05, 4.69) is 17.3 Å². The van der Waals surface area contributed by atoms with Crippen molar-refractivity contribution < 1.29 is 4.39 Å². The van der Waals surface area contributed by atoms with E-state index in [0.29, 0.717) is 24.3 Å². The van der Waals surface area contributed by atoms with Gasteiger partial charge in [0.2, 0.25) is 0 Å². The van der Waals surface area contributed by atoms with Gasteiger partial charge >= 0.3 is 0 Å². The van der Waals surface area contributed by atoms with Crippen LogP contribution in [0.15, 0.2) is 35.1 Å². The SMILES string of the molecule is CCCNCc1cc(-c2ccc(F)cc2)nn(CC)c1=O. The molecule has 2 rings (SSSR count). The van der Waals surface area contributed by atoms with E-state index in [0.717, 1.165) is 18.5 Å². The first kappa shape index (κ1) is 15.4. The van der Waals surface area contributed by atoms with Crippen molar-refractivity contribution in [3.05, 3.63) is 52.1 Å². The number of nitrogens with zero attached hydrogens (tertiary/aromatic N) is 2. The van der Waals surface area contributed by atoms with Crippen LogP contribution < -0.4 is 10.9 Å². The molecule has 0 radical (unpaired) electrons. The Bertz CT molecular complexity index is 650. The summed E-state index contributed by atoms with van der Waals surface area (Å²) in [6.45, 7) is 5.84. The van der Waals surface area contributed by atoms with Crippen LogP contribution in [0.3, 0.4) is 0 Å². The summed E-state index contributed by atoms with van der Waals surface area (Å²) in [5.74, 6) is -0.285. The Hall–Kier alpha value is -2.01. The highest BCUT2D eigenvalue weighted by Gasteiger charge is 2.09. The molecule has 0 bridgehead atoms. The molecule has 21 heavy (non-hydrogen) atoms. The molecule has 112 valence electrons. The van der Waals surface area contributed by atoms with E-state index in [-0.39, 0.29) is 11.4 Å². The third-order valence-corrected chi connectivity index (χ3v) is 3.23. The maximum absolute atomic E-state index is 13.0. The van der Waals surface area contributed by atoms with Crippen molar-refractivity contribution >= 4 is 0 Å². The molecular formula is C16H20FN3O. The van der Waals surface area contributed by atoms with Crippen LogP contribution in [0.5, 0.6) is 0 Å². The zero-order valence-corrected chi connectivity index (χ0v) is 12.4. The minimum absolute atomic E-state index is 0.0769. The number of aryl methyl sites for hydroxylation is 1. The Morgan fingerprint density at radius 2 is 1.95 bits per heavy atom. The molecule has 1 aromatic heterocycles. The lowest BCUT2D eigenvalue weighted by molar-refractivity contribution is 0.595. The third-order valence-electron chi connectivity index (χ3n) is 3.23. The molecular weight excluding hydrogens is 269 g/mol. The van der Waals surface area contributed by atoms with Gasteiger partial charge in [-0.1, -0.05) is 6.92 Å². The Labute approximate surface area is 123 Å². The number of aromatic nitrogens is 2. The highest BCUT2D eigenvalue weighted by Crippen LogP contribution is 2.17. The summed E-state index contributed by atoms with van der Waals surface area (Å²) in [6, 6.07) is 7.92. The van der Waals surface area contributed by atoms with Crippen LogP contribution in [0.25, 0.3) is 11.3 Å². The van der Waals surface area contributed by atoms with Crippen molar-refractivity contribution in [3.8, 4) is 11.3 Å². The molecule has 0 saturated carbocycles. The molecule has 0 unspecified atom stereocenters. The number of hydrogen-bond acceptors (Lipinski definition) is 3. The van der Waals surface area contributed by atoms with E-state index in [1.807, 2.05) is 6.92 Å². The van der Waals surface area contributed by atoms with E-state index in [1.54, 1.807) is 18.2 Å². The quantitative estimate of drug-likeness (QED) is 0.831. The first-order valence-corrected chi connectivity index (χ1v) is 7.23. The highest BCUT2D eigenvalue weighted by atomic mass is 19.1. The predicted octanol–water partition coefficient (Wildman–Crippen LogP) is 2.57. The van der Waals surface area contributed by atoms with Gasteiger partial charge in [0, 0.05) is 24.2 Å². The molecule has 0 fully saturated rings. The van der Waals surface area contributed by atoms with Gasteiger partial charge in [-0.3, -0.25) is 4.79 Å². The van der Waals surface area contributed by atoms with Crippen LogP contribution in [0.1, 0.15) is 25.8 Å². The molecule has 5 heteroatoms. The van der Waals surface area contributed by atoms with Crippen LogP contribution in [0, 0.1) is 5.82 Å². The second kappa shape index (κ2) is 7.13. The van der Waals surface area contributed by atoms with Crippen molar-refractivity contribution in [2.75, 3.05) is 6.54 Å². The summed E-state index contributed by atoms with van der Waals surface area (Å²) < 4.78 is 14.5. The van der Waals surface area contributed by atoms with Gasteiger partial charge in [-0.15, -0.1) is 0 Å². The lowest BCUT2D eigenvalue weighted by Gasteiger charge is -2.10. The molecule has 2 aromatic rings. The van der Waals surface area contributed by atoms with E-state index in [9.17, 15) is 9.18 Å². The lowest BCUT2D eigenvalue weighted by Crippen LogP contribution is -2.29. The molecule has 0 saturated heterocycles. The molecule has 1 N–H and O–H groups in total. The van der Waals surface area contributed by atoms with Gasteiger partial charge in [0.1, 0.15) is 5.82 Å². The monoisotopic (exact) mass is 289 g/mol. The zero-order valence-electron chi connectivity index (χ0n) is 12.4. The number of halogens is 1. The average molecular weight is 289 g/mol. The van der Waals surface area contributed by atoms with Crippen molar-refractivity contribution in [2.24, 2.45) is 0 Å². The van der Waals surface area contributed by atoms with Gasteiger partial charge in [-0.25, -0.2) is 9.07 Å². The minimum Gasteiger partial charge on any atom is -0.312 e. The molecule has 0 aliphatic rings. The number of rotatable bonds is 6. The van der Waals surface area contributed by atoms with Gasteiger partial charge in [0.05, 0.1) is 5.69 Å². The topological polar surface area (TPSA) is 46.9 Å². The van der Waals surface area contributed by atoms with E-state index in [4.69, 9.17) is 0 Å². The van der Waals surface area contributed by atoms with Crippen molar-refractivity contribution in [1.82, 2.24) is 15.1 Å². The first-order valence-electron chi connectivity index (χ1n) is 7.23. The maximum Gasteiger partial charge on any atom is 0.271 e. The summed E-state index contributed by atoms with van der Waals surface area (Å²) in [6.07, 6.45) is 1.01. The summed E-state index contributed by atoms with van der Waals surface area (Å²) in [5.41, 5.74) is 2.09. The van der Waals surface area contributed by atoms with Gasteiger partial charge in [-0.05, 0) is 50.2 Å². The largest absolute Gasteiger partial charge is 0.312 e. The molecule has 1 heterocycles. The first-order chi connectivity index (χ1) is 10.2. The second-order valence-electron chi connectivity index (χ2n) is 4.86. The number of hydrogen-bond donors (Lipinski definition) is 1. The fourth-order valence-electron chi connectivity index (χ4n) is 2.10. The average Bonchev–Trinajstić information content (AvgIpc) is 2.50. The zero-order chi connectivity index (χ0) is 15.2. The normalized spacial score (nSPS) is 10.8. The summed E-state index contributed by atoms with van der Waals surface area (Å²) in [4.78, 5) is 12.2. The Kier molecular flexibility index (Phi) is 5.22. The molecule has 0 aliphatic carbocycles. The highest BCUT2D eigenvalue weighted by molar-refractivity contribution is 5.58. The second-order valence-corrected chi connectivity index (χ2v) is 4.86. The van der Waals surface area contributed by atoms with Gasteiger partial charge in [-0.2, -0.15) is 5.10 Å². The van der Waals surface area contributed by atoms with E-state index in [1.165, 1.54) is 16.8 Å². The fourth-order valence-corrected chi connectivity index (χ4v) is 2.10. The Balaban J connectivity index is 2.39.